The summed E-state index contributed by atoms with van der Waals surface area (Å²) in [5, 5.41) is 0.590. The molecule has 0 aliphatic heterocycles. The van der Waals surface area contributed by atoms with Crippen LogP contribution in [0.3, 0.4) is 0 Å². The summed E-state index contributed by atoms with van der Waals surface area (Å²) >= 11 is 0. The molecule has 0 unspecified atom stereocenters. The molecule has 3 heteroatoms. The zero-order chi connectivity index (χ0) is 23.9. The lowest BCUT2D eigenvalue weighted by molar-refractivity contribution is 0.469. The van der Waals surface area contributed by atoms with Gasteiger partial charge in [0.15, 0.2) is 0 Å². The molecule has 0 aliphatic rings. The molecule has 1 aromatic heterocycles. The van der Waals surface area contributed by atoms with Crippen molar-refractivity contribution in [3.8, 4) is 22.3 Å². The van der Waals surface area contributed by atoms with Crippen molar-refractivity contribution in [3.05, 3.63) is 94.3 Å². The van der Waals surface area contributed by atoms with Crippen LogP contribution in [0, 0.1) is 5.82 Å². The smallest absolute Gasteiger partial charge is 0.346 e. The summed E-state index contributed by atoms with van der Waals surface area (Å²) in [6.45, 7) is 4.15. The lowest BCUT2D eigenvalue weighted by Crippen LogP contribution is -2.05. The van der Waals surface area contributed by atoms with Crippen LogP contribution >= 0.6 is 0 Å². The van der Waals surface area contributed by atoms with Gasteiger partial charge in [-0.25, -0.2) is 9.18 Å². The van der Waals surface area contributed by atoms with Crippen LogP contribution in [0.1, 0.15) is 63.7 Å². The molecule has 34 heavy (non-hydrogen) atoms. The third-order valence-corrected chi connectivity index (χ3v) is 6.57. The Bertz CT molecular complexity index is 1280. The molecule has 1 heterocycles. The molecule has 0 amide bonds. The van der Waals surface area contributed by atoms with Crippen molar-refractivity contribution >= 4 is 10.8 Å². The van der Waals surface area contributed by atoms with E-state index >= 15 is 4.39 Å². The number of fused-ring (bicyclic) bond motifs is 1. The van der Waals surface area contributed by atoms with Crippen LogP contribution in [-0.4, -0.2) is 0 Å². The summed E-state index contributed by atoms with van der Waals surface area (Å²) in [7, 11) is 0. The van der Waals surface area contributed by atoms with Crippen LogP contribution in [-0.2, 0) is 12.8 Å². The zero-order valence-electron chi connectivity index (χ0n) is 20.2. The number of unbranched alkanes of at least 4 members (excludes halogenated alkanes) is 5. The van der Waals surface area contributed by atoms with Gasteiger partial charge in [0, 0.05) is 12.0 Å². The molecule has 3 aromatic carbocycles. The van der Waals surface area contributed by atoms with Crippen molar-refractivity contribution in [2.75, 3.05) is 0 Å². The number of hydrogen-bond donors (Lipinski definition) is 0. The molecule has 0 radical (unpaired) electrons. The Balaban J connectivity index is 1.47. The van der Waals surface area contributed by atoms with Gasteiger partial charge in [-0.1, -0.05) is 107 Å². The minimum Gasteiger partial charge on any atom is -0.427 e. The monoisotopic (exact) mass is 456 g/mol. The molecule has 0 bridgehead atoms. The second-order valence-corrected chi connectivity index (χ2v) is 9.04. The summed E-state index contributed by atoms with van der Waals surface area (Å²) in [6, 6.07) is 21.8. The molecule has 0 N–H and O–H groups in total. The third-order valence-electron chi connectivity index (χ3n) is 6.57. The van der Waals surface area contributed by atoms with Gasteiger partial charge in [0.25, 0.3) is 0 Å². The van der Waals surface area contributed by atoms with Crippen LogP contribution < -0.4 is 5.63 Å². The van der Waals surface area contributed by atoms with E-state index in [1.165, 1.54) is 44.1 Å². The van der Waals surface area contributed by atoms with Crippen LogP contribution in [0.15, 0.2) is 75.9 Å². The SMILES string of the molecule is CCCCCCCCc1ccc(-c2ccc(-c3ccc4cc(CC)oc(=O)c4c3F)cc2)cc1. The quantitative estimate of drug-likeness (QED) is 0.223. The maximum Gasteiger partial charge on any atom is 0.346 e. The zero-order valence-corrected chi connectivity index (χ0v) is 20.2. The Hall–Kier alpha value is -3.20. The highest BCUT2D eigenvalue weighted by Crippen LogP contribution is 2.30. The van der Waals surface area contributed by atoms with Crippen molar-refractivity contribution < 1.29 is 8.81 Å². The molecular weight excluding hydrogens is 423 g/mol. The molecule has 176 valence electrons. The van der Waals surface area contributed by atoms with Gasteiger partial charge in [-0.05, 0) is 46.5 Å². The van der Waals surface area contributed by atoms with Crippen molar-refractivity contribution in [1.29, 1.82) is 0 Å². The van der Waals surface area contributed by atoms with Crippen molar-refractivity contribution in [1.82, 2.24) is 0 Å². The molecular formula is C31H33FO2. The van der Waals surface area contributed by atoms with E-state index < -0.39 is 11.4 Å². The highest BCUT2D eigenvalue weighted by Gasteiger charge is 2.14. The Kier molecular flexibility index (Phi) is 7.95. The highest BCUT2D eigenvalue weighted by molar-refractivity contribution is 5.87. The first-order valence-corrected chi connectivity index (χ1v) is 12.6. The minimum absolute atomic E-state index is 0.0136. The fraction of sp³-hybridized carbons (Fsp3) is 0.323. The lowest BCUT2D eigenvalue weighted by Gasteiger charge is -2.09. The van der Waals surface area contributed by atoms with E-state index in [9.17, 15) is 4.79 Å². The predicted octanol–water partition coefficient (Wildman–Crippen LogP) is 8.73. The molecule has 2 nitrogen and oxygen atoms in total. The lowest BCUT2D eigenvalue weighted by atomic mass is 9.97. The van der Waals surface area contributed by atoms with Gasteiger partial charge in [-0.15, -0.1) is 0 Å². The standard InChI is InChI=1S/C31H33FO2/c1-3-5-6-7-8-9-10-22-11-13-23(14-12-22)24-15-17-25(18-16-24)28-20-19-26-21-27(4-2)34-31(33)29(26)30(28)32/h11-21H,3-10H2,1-2H3. The topological polar surface area (TPSA) is 30.2 Å². The molecule has 0 atom stereocenters. The maximum atomic E-state index is 15.2. The second-order valence-electron chi connectivity index (χ2n) is 9.04. The van der Waals surface area contributed by atoms with Crippen molar-refractivity contribution in [2.45, 2.75) is 65.2 Å². The fourth-order valence-corrected chi connectivity index (χ4v) is 4.50. The molecule has 0 saturated carbocycles. The van der Waals surface area contributed by atoms with Gasteiger partial charge in [-0.3, -0.25) is 0 Å². The largest absolute Gasteiger partial charge is 0.427 e. The number of halogens is 1. The Morgan fingerprint density at radius 3 is 2.03 bits per heavy atom. The van der Waals surface area contributed by atoms with Crippen molar-refractivity contribution in [3.63, 3.8) is 0 Å². The van der Waals surface area contributed by atoms with E-state index in [-0.39, 0.29) is 5.39 Å². The average Bonchev–Trinajstić information content (AvgIpc) is 2.86. The van der Waals surface area contributed by atoms with Crippen LogP contribution in [0.5, 0.6) is 0 Å². The van der Waals surface area contributed by atoms with Gasteiger partial charge in [0.1, 0.15) is 17.0 Å². The van der Waals surface area contributed by atoms with Gasteiger partial charge < -0.3 is 4.42 Å². The number of rotatable bonds is 10. The van der Waals surface area contributed by atoms with Crippen molar-refractivity contribution in [2.24, 2.45) is 0 Å². The summed E-state index contributed by atoms with van der Waals surface area (Å²) < 4.78 is 20.5. The first-order valence-electron chi connectivity index (χ1n) is 12.6. The summed E-state index contributed by atoms with van der Waals surface area (Å²) in [5.41, 5.74) is 4.13. The van der Waals surface area contributed by atoms with Crippen LogP contribution in [0.4, 0.5) is 4.39 Å². The second kappa shape index (κ2) is 11.3. The number of aryl methyl sites for hydroxylation is 2. The van der Waals surface area contributed by atoms with E-state index in [1.807, 2.05) is 31.2 Å². The molecule has 0 fully saturated rings. The Labute approximate surface area is 201 Å². The summed E-state index contributed by atoms with van der Waals surface area (Å²) in [6.07, 6.45) is 9.58. The third kappa shape index (κ3) is 5.47. The van der Waals surface area contributed by atoms with E-state index in [2.05, 4.69) is 31.2 Å². The maximum absolute atomic E-state index is 15.2. The molecule has 4 rings (SSSR count). The summed E-state index contributed by atoms with van der Waals surface area (Å²) in [5.74, 6) is 0.0349. The molecule has 0 aliphatic carbocycles. The minimum atomic E-state index is -0.619. The van der Waals surface area contributed by atoms with Gasteiger partial charge in [-0.2, -0.15) is 0 Å². The normalized spacial score (nSPS) is 11.3. The van der Waals surface area contributed by atoms with E-state index in [4.69, 9.17) is 4.42 Å². The highest BCUT2D eigenvalue weighted by atomic mass is 19.1. The first-order chi connectivity index (χ1) is 16.6. The van der Waals surface area contributed by atoms with E-state index in [0.717, 1.165) is 23.1 Å². The summed E-state index contributed by atoms with van der Waals surface area (Å²) in [4.78, 5) is 12.3. The van der Waals surface area contributed by atoms with Crippen LogP contribution in [0.25, 0.3) is 33.0 Å². The first kappa shape index (κ1) is 23.9. The van der Waals surface area contributed by atoms with E-state index in [1.54, 1.807) is 18.2 Å². The fourth-order valence-electron chi connectivity index (χ4n) is 4.50. The number of hydrogen-bond acceptors (Lipinski definition) is 2. The Morgan fingerprint density at radius 1 is 0.735 bits per heavy atom. The van der Waals surface area contributed by atoms with E-state index in [0.29, 0.717) is 23.1 Å². The van der Waals surface area contributed by atoms with Gasteiger partial charge in [0.2, 0.25) is 0 Å². The van der Waals surface area contributed by atoms with Gasteiger partial charge in [0.05, 0.1) is 0 Å². The molecule has 0 spiro atoms. The number of benzene rings is 3. The Morgan fingerprint density at radius 2 is 1.35 bits per heavy atom. The predicted molar refractivity (Wildman–Crippen MR) is 140 cm³/mol. The average molecular weight is 457 g/mol. The molecule has 4 aromatic rings. The van der Waals surface area contributed by atoms with Gasteiger partial charge >= 0.3 is 5.63 Å². The molecule has 0 saturated heterocycles. The van der Waals surface area contributed by atoms with Crippen LogP contribution in [0.2, 0.25) is 0 Å².